The van der Waals surface area contributed by atoms with E-state index in [2.05, 4.69) is 15.6 Å². The van der Waals surface area contributed by atoms with Crippen LogP contribution in [0.1, 0.15) is 51.3 Å². The molecule has 2 heterocycles. The van der Waals surface area contributed by atoms with Gasteiger partial charge >= 0.3 is 5.97 Å². The topological polar surface area (TPSA) is 214 Å². The third-order valence-corrected chi connectivity index (χ3v) is 9.83. The summed E-state index contributed by atoms with van der Waals surface area (Å²) in [4.78, 5) is 57.2. The Balaban J connectivity index is 1.22. The number of nitrogens with zero attached hydrogens (tertiary/aromatic N) is 2. The van der Waals surface area contributed by atoms with Gasteiger partial charge in [0.05, 0.1) is 101 Å². The number of hydrogen-bond acceptors (Lipinski definition) is 14. The number of ether oxygens (including phenoxy) is 7. The maximum absolute atomic E-state index is 13.8. The second-order valence-corrected chi connectivity index (χ2v) is 15.5. The lowest BCUT2D eigenvalue weighted by Gasteiger charge is -2.35. The lowest BCUT2D eigenvalue weighted by molar-refractivity contribution is -0.144. The second-order valence-electron chi connectivity index (χ2n) is 14.7. The molecule has 17 nitrogen and oxygen atoms in total. The zero-order valence-electron chi connectivity index (χ0n) is 34.2. The number of likely N-dealkylation sites (tertiary alicyclic amines) is 1. The smallest absolute Gasteiger partial charge is 0.303 e. The first-order valence-electron chi connectivity index (χ1n) is 19.7. The molecule has 1 aliphatic heterocycles. The Morgan fingerprint density at radius 2 is 1.34 bits per heavy atom. The van der Waals surface area contributed by atoms with Gasteiger partial charge in [-0.1, -0.05) is 45.0 Å². The Morgan fingerprint density at radius 1 is 0.828 bits per heavy atom. The van der Waals surface area contributed by atoms with Crippen LogP contribution in [-0.2, 0) is 58.9 Å². The number of aliphatic carboxylic acids is 1. The first kappa shape index (κ1) is 48.8. The molecule has 4 N–H and O–H groups in total. The van der Waals surface area contributed by atoms with Crippen molar-refractivity contribution in [3.05, 3.63) is 41.0 Å². The summed E-state index contributed by atoms with van der Waals surface area (Å²) in [6.45, 7) is 12.2. The number of amides is 3. The molecule has 1 aromatic heterocycles. The minimum atomic E-state index is -0.960. The largest absolute Gasteiger partial charge is 0.481 e. The van der Waals surface area contributed by atoms with Gasteiger partial charge in [-0.05, 0) is 29.9 Å². The van der Waals surface area contributed by atoms with Crippen LogP contribution in [0.2, 0.25) is 0 Å². The van der Waals surface area contributed by atoms with Crippen molar-refractivity contribution in [2.24, 2.45) is 5.41 Å². The molecule has 3 unspecified atom stereocenters. The molecular formula is C40H62N4O13S. The van der Waals surface area contributed by atoms with Crippen LogP contribution in [0.4, 0.5) is 0 Å². The van der Waals surface area contributed by atoms with Crippen LogP contribution < -0.4 is 10.6 Å². The zero-order chi connectivity index (χ0) is 42.2. The summed E-state index contributed by atoms with van der Waals surface area (Å²) >= 11 is 1.57. The first-order chi connectivity index (χ1) is 27.9. The number of carboxylic acid groups (broad SMARTS) is 1. The fourth-order valence-electron chi connectivity index (χ4n) is 5.79. The van der Waals surface area contributed by atoms with Crippen LogP contribution >= 0.6 is 11.3 Å². The van der Waals surface area contributed by atoms with Crippen LogP contribution in [0.5, 0.6) is 0 Å². The number of aliphatic hydroxyl groups excluding tert-OH is 1. The molecule has 0 saturated carbocycles. The van der Waals surface area contributed by atoms with Gasteiger partial charge in [0.2, 0.25) is 17.7 Å². The van der Waals surface area contributed by atoms with E-state index in [1.54, 1.807) is 11.3 Å². The van der Waals surface area contributed by atoms with Crippen molar-refractivity contribution in [1.29, 1.82) is 0 Å². The zero-order valence-corrected chi connectivity index (χ0v) is 35.1. The molecule has 58 heavy (non-hydrogen) atoms. The van der Waals surface area contributed by atoms with E-state index in [9.17, 15) is 24.3 Å². The molecule has 3 rings (SSSR count). The van der Waals surface area contributed by atoms with E-state index in [1.807, 2.05) is 57.5 Å². The quantitative estimate of drug-likeness (QED) is 0.0832. The van der Waals surface area contributed by atoms with Crippen molar-refractivity contribution in [1.82, 2.24) is 20.5 Å². The van der Waals surface area contributed by atoms with Crippen molar-refractivity contribution in [2.45, 2.75) is 71.7 Å². The summed E-state index contributed by atoms with van der Waals surface area (Å²) in [6, 6.07) is 6.00. The van der Waals surface area contributed by atoms with Gasteiger partial charge in [-0.25, -0.2) is 4.98 Å². The summed E-state index contributed by atoms with van der Waals surface area (Å²) < 4.78 is 38.0. The van der Waals surface area contributed by atoms with Crippen LogP contribution in [0.3, 0.4) is 0 Å². The number of rotatable bonds is 30. The number of aliphatic hydroxyl groups is 1. The Bertz CT molecular complexity index is 1500. The highest BCUT2D eigenvalue weighted by atomic mass is 32.1. The number of carboxylic acids is 1. The van der Waals surface area contributed by atoms with E-state index in [0.29, 0.717) is 79.1 Å². The predicted octanol–water partition coefficient (Wildman–Crippen LogP) is 2.21. The summed E-state index contributed by atoms with van der Waals surface area (Å²) in [5, 5.41) is 24.7. The monoisotopic (exact) mass is 838 g/mol. The van der Waals surface area contributed by atoms with Crippen molar-refractivity contribution < 1.29 is 62.5 Å². The molecule has 2 aromatic rings. The molecule has 1 aliphatic rings. The molecule has 1 saturated heterocycles. The molecule has 0 aliphatic carbocycles. The van der Waals surface area contributed by atoms with E-state index in [-0.39, 0.29) is 51.7 Å². The van der Waals surface area contributed by atoms with Crippen LogP contribution in [0.25, 0.3) is 10.4 Å². The standard InChI is InChI=1S/C40H62N4O13S/c1-29-36(58-28-42-29)31-9-7-30(8-10-31)25-41-38(49)33-24-32(45)26-44(33)39(50)37(40(2,3)4)43-34(46)27-57-23-22-56-21-20-55-19-18-54-17-16-53-15-14-52-13-12-51-11-5-6-35(47)48/h7-10,28,32-33,37,45H,5-6,11-27H2,1-4H3,(H,41,49)(H,43,46)(H,47,48). The van der Waals surface area contributed by atoms with Crippen molar-refractivity contribution in [3.63, 3.8) is 0 Å². The SMILES string of the molecule is Cc1ncsc1-c1ccc(CNC(=O)C2CC(O)CN2C(=O)C(NC(=O)COCCOCCOCCOCCOCCOCCOCCCC(=O)O)C(C)(C)C)cc1. The van der Waals surface area contributed by atoms with Crippen molar-refractivity contribution >= 4 is 35.0 Å². The molecule has 1 fully saturated rings. The number of nitrogens with one attached hydrogen (secondary N) is 2. The van der Waals surface area contributed by atoms with Gasteiger partial charge in [0.15, 0.2) is 0 Å². The number of thiazole rings is 1. The van der Waals surface area contributed by atoms with Gasteiger partial charge in [0.25, 0.3) is 0 Å². The number of carbonyl (C=O) groups is 4. The van der Waals surface area contributed by atoms with Gasteiger partial charge < -0.3 is 58.9 Å². The molecule has 1 aromatic carbocycles. The number of aromatic nitrogens is 1. The van der Waals surface area contributed by atoms with Gasteiger partial charge in [-0.2, -0.15) is 0 Å². The first-order valence-corrected chi connectivity index (χ1v) is 20.6. The fourth-order valence-corrected chi connectivity index (χ4v) is 6.60. The van der Waals surface area contributed by atoms with E-state index in [1.165, 1.54) is 4.90 Å². The van der Waals surface area contributed by atoms with E-state index in [0.717, 1.165) is 21.7 Å². The van der Waals surface area contributed by atoms with Crippen molar-refractivity contribution in [3.8, 4) is 10.4 Å². The molecule has 3 amide bonds. The molecule has 326 valence electrons. The third kappa shape index (κ3) is 19.0. The summed E-state index contributed by atoms with van der Waals surface area (Å²) in [5.41, 5.74) is 4.02. The van der Waals surface area contributed by atoms with E-state index >= 15 is 0 Å². The number of β-amino-alcohol motifs (C(OH)–C–C–N with tert-alkyl or cyclic N) is 1. The summed E-state index contributed by atoms with van der Waals surface area (Å²) in [6.07, 6.45) is -0.191. The minimum Gasteiger partial charge on any atom is -0.481 e. The highest BCUT2D eigenvalue weighted by Crippen LogP contribution is 2.28. The van der Waals surface area contributed by atoms with Crippen molar-refractivity contribution in [2.75, 3.05) is 99.0 Å². The maximum Gasteiger partial charge on any atom is 0.303 e. The molecule has 0 spiro atoms. The van der Waals surface area contributed by atoms with Gasteiger partial charge in [0.1, 0.15) is 18.7 Å². The average molecular weight is 839 g/mol. The lowest BCUT2D eigenvalue weighted by atomic mass is 9.85. The van der Waals surface area contributed by atoms with Crippen LogP contribution in [0.15, 0.2) is 29.8 Å². The Labute approximate surface area is 345 Å². The van der Waals surface area contributed by atoms with Gasteiger partial charge in [-0.3, -0.25) is 19.2 Å². The second kappa shape index (κ2) is 27.2. The lowest BCUT2D eigenvalue weighted by Crippen LogP contribution is -2.58. The summed E-state index contributed by atoms with van der Waals surface area (Å²) in [7, 11) is 0. The molecule has 18 heteroatoms. The molecular weight excluding hydrogens is 777 g/mol. The molecule has 3 atom stereocenters. The normalized spacial score (nSPS) is 16.1. The number of aryl methyl sites for hydroxylation is 1. The van der Waals surface area contributed by atoms with Crippen LogP contribution in [0, 0.1) is 12.3 Å². The average Bonchev–Trinajstić information content (AvgIpc) is 3.80. The number of carbonyl (C=O) groups excluding carboxylic acids is 3. The Hall–Kier alpha value is -3.59. The highest BCUT2D eigenvalue weighted by Gasteiger charge is 2.44. The van der Waals surface area contributed by atoms with Gasteiger partial charge in [0, 0.05) is 32.5 Å². The predicted molar refractivity (Wildman–Crippen MR) is 214 cm³/mol. The number of benzene rings is 1. The van der Waals surface area contributed by atoms with Gasteiger partial charge in [-0.15, -0.1) is 11.3 Å². The number of hydrogen-bond donors (Lipinski definition) is 4. The molecule has 0 radical (unpaired) electrons. The van der Waals surface area contributed by atoms with E-state index < -0.39 is 41.4 Å². The third-order valence-electron chi connectivity index (χ3n) is 8.86. The van der Waals surface area contributed by atoms with E-state index in [4.69, 9.17) is 38.3 Å². The Morgan fingerprint density at radius 3 is 1.83 bits per heavy atom. The van der Waals surface area contributed by atoms with Crippen LogP contribution in [-0.4, -0.2) is 161 Å². The highest BCUT2D eigenvalue weighted by molar-refractivity contribution is 7.13. The molecule has 0 bridgehead atoms. The minimum absolute atomic E-state index is 0.0155. The maximum atomic E-state index is 13.8. The Kier molecular flexibility index (Phi) is 22.9. The summed E-state index contributed by atoms with van der Waals surface area (Å²) in [5.74, 6) is -2.14. The fraction of sp³-hybridized carbons (Fsp3) is 0.675.